The molecule has 0 N–H and O–H groups in total. The van der Waals surface area contributed by atoms with E-state index in [9.17, 15) is 0 Å². The molecule has 2 aromatic heterocycles. The number of hydrogen-bond acceptors (Lipinski definition) is 5. The molecule has 3 heterocycles. The molecule has 5 nitrogen and oxygen atoms in total. The predicted molar refractivity (Wildman–Crippen MR) is 121 cm³/mol. The van der Waals surface area contributed by atoms with Crippen LogP contribution in [0.4, 0.5) is 0 Å². The molecular weight excluding hydrogens is 412 g/mol. The third-order valence-corrected chi connectivity index (χ3v) is 6.58. The van der Waals surface area contributed by atoms with Crippen LogP contribution in [0.2, 0.25) is 5.02 Å². The number of halogens is 1. The Morgan fingerprint density at radius 2 is 2.06 bits per heavy atom. The molecule has 0 saturated carbocycles. The Balaban J connectivity index is 1.41. The van der Waals surface area contributed by atoms with Crippen molar-refractivity contribution in [3.05, 3.63) is 52.3 Å². The minimum absolute atomic E-state index is 0.00905. The van der Waals surface area contributed by atoms with Gasteiger partial charge in [0.15, 0.2) is 5.76 Å². The second kappa shape index (κ2) is 7.64. The number of fused-ring (bicyclic) bond motifs is 1. The minimum atomic E-state index is 0.00905. The number of hydrogen-bond donors (Lipinski definition) is 0. The van der Waals surface area contributed by atoms with E-state index in [1.165, 1.54) is 23.1 Å². The number of epoxide rings is 1. The lowest BCUT2D eigenvalue weighted by Crippen LogP contribution is -2.10. The number of oxazole rings is 1. The summed E-state index contributed by atoms with van der Waals surface area (Å²) in [6.45, 7) is 9.15. The summed E-state index contributed by atoms with van der Waals surface area (Å²) in [7, 11) is 0. The first-order chi connectivity index (χ1) is 14.8. The molecule has 1 aliphatic heterocycles. The van der Waals surface area contributed by atoms with E-state index in [-0.39, 0.29) is 11.7 Å². The van der Waals surface area contributed by atoms with E-state index in [1.807, 2.05) is 13.8 Å². The molecule has 0 radical (unpaired) electrons. The van der Waals surface area contributed by atoms with Gasteiger partial charge in [-0.15, -0.1) is 0 Å². The number of rotatable bonds is 6. The predicted octanol–water partition coefficient (Wildman–Crippen LogP) is 6.36. The molecule has 0 bridgehead atoms. The largest absolute Gasteiger partial charge is 0.474 e. The molecule has 3 aromatic rings. The fourth-order valence-electron chi connectivity index (χ4n) is 4.57. The van der Waals surface area contributed by atoms with E-state index < -0.39 is 0 Å². The van der Waals surface area contributed by atoms with E-state index >= 15 is 0 Å². The number of nitrogens with zero attached hydrogens (tertiary/aromatic N) is 2. The summed E-state index contributed by atoms with van der Waals surface area (Å²) in [6.07, 6.45) is 6.83. The summed E-state index contributed by atoms with van der Waals surface area (Å²) in [5.74, 6) is 2.26. The van der Waals surface area contributed by atoms with Crippen LogP contribution in [0.3, 0.4) is 0 Å². The Morgan fingerprint density at radius 1 is 1.26 bits per heavy atom. The van der Waals surface area contributed by atoms with Gasteiger partial charge in [-0.05, 0) is 81.7 Å². The molecule has 162 valence electrons. The maximum absolute atomic E-state index is 6.34. The van der Waals surface area contributed by atoms with Crippen molar-refractivity contribution >= 4 is 11.6 Å². The zero-order valence-corrected chi connectivity index (χ0v) is 19.1. The molecule has 1 aromatic carbocycles. The van der Waals surface area contributed by atoms with Gasteiger partial charge in [-0.25, -0.2) is 9.97 Å². The van der Waals surface area contributed by atoms with E-state index in [0.717, 1.165) is 30.6 Å². The first kappa shape index (κ1) is 20.5. The van der Waals surface area contributed by atoms with Gasteiger partial charge in [0, 0.05) is 17.3 Å². The Bertz CT molecular complexity index is 1130. The molecule has 5 rings (SSSR count). The highest BCUT2D eigenvalue weighted by molar-refractivity contribution is 6.32. The second-order valence-electron chi connectivity index (χ2n) is 9.19. The number of pyridine rings is 1. The van der Waals surface area contributed by atoms with Crippen molar-refractivity contribution in [2.24, 2.45) is 0 Å². The van der Waals surface area contributed by atoms with Gasteiger partial charge in [0.1, 0.15) is 5.02 Å². The molecule has 1 fully saturated rings. The topological polar surface area (TPSA) is 60.7 Å². The number of ether oxygens (including phenoxy) is 2. The van der Waals surface area contributed by atoms with Crippen molar-refractivity contribution < 1.29 is 13.9 Å². The molecule has 6 heteroatoms. The van der Waals surface area contributed by atoms with Crippen molar-refractivity contribution in [1.29, 1.82) is 0 Å². The highest BCUT2D eigenvalue weighted by Crippen LogP contribution is 2.46. The number of aromatic nitrogens is 2. The Hall–Kier alpha value is -2.37. The highest BCUT2D eigenvalue weighted by Gasteiger charge is 2.43. The fourth-order valence-corrected chi connectivity index (χ4v) is 4.79. The van der Waals surface area contributed by atoms with Crippen LogP contribution in [-0.2, 0) is 11.2 Å². The lowest BCUT2D eigenvalue weighted by atomic mass is 9.89. The first-order valence-corrected chi connectivity index (χ1v) is 11.3. The van der Waals surface area contributed by atoms with Gasteiger partial charge in [0.2, 0.25) is 11.8 Å². The summed E-state index contributed by atoms with van der Waals surface area (Å²) in [4.78, 5) is 8.88. The van der Waals surface area contributed by atoms with Crippen LogP contribution in [0.25, 0.3) is 22.8 Å². The van der Waals surface area contributed by atoms with Gasteiger partial charge in [-0.1, -0.05) is 17.7 Å². The van der Waals surface area contributed by atoms with Gasteiger partial charge in [-0.2, -0.15) is 0 Å². The smallest absolute Gasteiger partial charge is 0.232 e. The summed E-state index contributed by atoms with van der Waals surface area (Å²) >= 11 is 6.34. The van der Waals surface area contributed by atoms with Crippen LogP contribution in [0, 0.1) is 6.92 Å². The van der Waals surface area contributed by atoms with Crippen molar-refractivity contribution in [1.82, 2.24) is 9.97 Å². The van der Waals surface area contributed by atoms with Crippen molar-refractivity contribution in [2.45, 2.75) is 64.6 Å². The quantitative estimate of drug-likeness (QED) is 0.419. The van der Waals surface area contributed by atoms with Crippen molar-refractivity contribution in [3.8, 4) is 28.7 Å². The van der Waals surface area contributed by atoms with Crippen LogP contribution < -0.4 is 4.74 Å². The molecule has 2 unspecified atom stereocenters. The van der Waals surface area contributed by atoms with Gasteiger partial charge < -0.3 is 13.9 Å². The first-order valence-electron chi connectivity index (χ1n) is 10.9. The molecule has 0 spiro atoms. The SMILES string of the molecule is Cc1c(-c2ncc(-c3cnc(OC(C)C)c(Cl)c3)o2)ccc2c1CCC2CC1(C)CO1. The van der Waals surface area contributed by atoms with E-state index in [1.54, 1.807) is 18.5 Å². The lowest BCUT2D eigenvalue weighted by molar-refractivity contribution is 0.233. The standard InChI is InChI=1S/C25H27ClN2O3/c1-14(2)30-24-21(26)9-17(11-27-24)22-12-28-23(31-22)19-7-8-20-16(10-25(4)13-29-25)5-6-18(20)15(19)3/h7-9,11-12,14,16H,5-6,10,13H2,1-4H3. The maximum Gasteiger partial charge on any atom is 0.232 e. The van der Waals surface area contributed by atoms with Gasteiger partial charge in [0.05, 0.1) is 24.5 Å². The Labute approximate surface area is 187 Å². The molecule has 1 saturated heterocycles. The van der Waals surface area contributed by atoms with Crippen molar-refractivity contribution in [2.75, 3.05) is 6.61 Å². The summed E-state index contributed by atoms with van der Waals surface area (Å²) < 4.78 is 17.4. The van der Waals surface area contributed by atoms with Crippen LogP contribution in [0.1, 0.15) is 56.2 Å². The zero-order chi connectivity index (χ0) is 21.8. The van der Waals surface area contributed by atoms with E-state index in [2.05, 4.69) is 35.9 Å². The van der Waals surface area contributed by atoms with Gasteiger partial charge in [0.25, 0.3) is 0 Å². The Morgan fingerprint density at radius 3 is 2.77 bits per heavy atom. The lowest BCUT2D eigenvalue weighted by Gasteiger charge is -2.15. The monoisotopic (exact) mass is 438 g/mol. The van der Waals surface area contributed by atoms with Crippen LogP contribution >= 0.6 is 11.6 Å². The normalized spacial score (nSPS) is 22.1. The number of benzene rings is 1. The average molecular weight is 439 g/mol. The summed E-state index contributed by atoms with van der Waals surface area (Å²) in [5.41, 5.74) is 6.05. The molecular formula is C25H27ClN2O3. The molecule has 2 atom stereocenters. The second-order valence-corrected chi connectivity index (χ2v) is 9.60. The molecule has 1 aliphatic carbocycles. The minimum Gasteiger partial charge on any atom is -0.474 e. The molecule has 31 heavy (non-hydrogen) atoms. The van der Waals surface area contributed by atoms with Crippen LogP contribution in [0.5, 0.6) is 5.88 Å². The zero-order valence-electron chi connectivity index (χ0n) is 18.4. The van der Waals surface area contributed by atoms with Gasteiger partial charge in [-0.3, -0.25) is 0 Å². The van der Waals surface area contributed by atoms with Crippen LogP contribution in [-0.4, -0.2) is 28.3 Å². The third kappa shape index (κ3) is 3.97. The maximum atomic E-state index is 6.34. The van der Waals surface area contributed by atoms with E-state index in [0.29, 0.717) is 28.5 Å². The average Bonchev–Trinajstić information content (AvgIpc) is 3.12. The third-order valence-electron chi connectivity index (χ3n) is 6.31. The van der Waals surface area contributed by atoms with E-state index in [4.69, 9.17) is 25.5 Å². The molecule has 0 amide bonds. The summed E-state index contributed by atoms with van der Waals surface area (Å²) in [5, 5.41) is 0.456. The summed E-state index contributed by atoms with van der Waals surface area (Å²) in [6, 6.07) is 6.20. The molecule has 2 aliphatic rings. The fraction of sp³-hybridized carbons (Fsp3) is 0.440. The highest BCUT2D eigenvalue weighted by atomic mass is 35.5. The van der Waals surface area contributed by atoms with Gasteiger partial charge >= 0.3 is 0 Å². The van der Waals surface area contributed by atoms with Crippen molar-refractivity contribution in [3.63, 3.8) is 0 Å². The Kier molecular flexibility index (Phi) is 5.06. The van der Waals surface area contributed by atoms with Crippen LogP contribution in [0.15, 0.2) is 35.0 Å².